The molecular formula is C13H20FNO. The van der Waals surface area contributed by atoms with Crippen molar-refractivity contribution in [1.29, 1.82) is 0 Å². The third kappa shape index (κ3) is 3.81. The Bertz CT molecular complexity index is 326. The Morgan fingerprint density at radius 1 is 1.38 bits per heavy atom. The van der Waals surface area contributed by atoms with Gasteiger partial charge >= 0.3 is 0 Å². The van der Waals surface area contributed by atoms with E-state index in [1.165, 1.54) is 6.07 Å². The van der Waals surface area contributed by atoms with Crippen molar-refractivity contribution >= 4 is 0 Å². The second-order valence-corrected chi connectivity index (χ2v) is 4.29. The molecule has 0 aliphatic carbocycles. The molecule has 0 unspecified atom stereocenters. The van der Waals surface area contributed by atoms with Crippen LogP contribution in [0, 0.1) is 11.7 Å². The Morgan fingerprint density at radius 2 is 2.12 bits per heavy atom. The van der Waals surface area contributed by atoms with Gasteiger partial charge in [0, 0.05) is 12.1 Å². The molecule has 3 heteroatoms. The van der Waals surface area contributed by atoms with E-state index in [1.807, 2.05) is 13.1 Å². The summed E-state index contributed by atoms with van der Waals surface area (Å²) in [6.45, 7) is 5.43. The molecule has 0 bridgehead atoms. The van der Waals surface area contributed by atoms with Gasteiger partial charge in [0.25, 0.3) is 0 Å². The highest BCUT2D eigenvalue weighted by atomic mass is 19.1. The fourth-order valence-electron chi connectivity index (χ4n) is 1.44. The molecule has 16 heavy (non-hydrogen) atoms. The molecule has 0 saturated heterocycles. The number of hydrogen-bond acceptors (Lipinski definition) is 2. The minimum Gasteiger partial charge on any atom is -0.490 e. The van der Waals surface area contributed by atoms with Crippen LogP contribution in [0.5, 0.6) is 5.75 Å². The summed E-state index contributed by atoms with van der Waals surface area (Å²) in [4.78, 5) is 0. The first kappa shape index (κ1) is 13.0. The van der Waals surface area contributed by atoms with Gasteiger partial charge in [0.2, 0.25) is 0 Å². The molecule has 0 aliphatic rings. The van der Waals surface area contributed by atoms with Crippen LogP contribution in [0.2, 0.25) is 0 Å². The highest BCUT2D eigenvalue weighted by Crippen LogP contribution is 2.23. The Labute approximate surface area is 96.8 Å². The summed E-state index contributed by atoms with van der Waals surface area (Å²) in [5.41, 5.74) is 0.867. The summed E-state index contributed by atoms with van der Waals surface area (Å²) in [5.74, 6) is 0.675. The minimum absolute atomic E-state index is 0.281. The molecule has 1 aromatic carbocycles. The molecule has 2 nitrogen and oxygen atoms in total. The minimum atomic E-state index is -0.281. The van der Waals surface area contributed by atoms with E-state index in [4.69, 9.17) is 4.74 Å². The molecule has 90 valence electrons. The van der Waals surface area contributed by atoms with E-state index in [-0.39, 0.29) is 5.82 Å². The lowest BCUT2D eigenvalue weighted by Gasteiger charge is -2.13. The van der Waals surface area contributed by atoms with E-state index in [9.17, 15) is 4.39 Å². The molecule has 0 atom stereocenters. The second-order valence-electron chi connectivity index (χ2n) is 4.29. The monoisotopic (exact) mass is 225 g/mol. The Balaban J connectivity index is 2.68. The number of rotatable bonds is 6. The van der Waals surface area contributed by atoms with Crippen molar-refractivity contribution in [3.63, 3.8) is 0 Å². The zero-order valence-electron chi connectivity index (χ0n) is 10.2. The van der Waals surface area contributed by atoms with Crippen LogP contribution in [0.3, 0.4) is 0 Å². The summed E-state index contributed by atoms with van der Waals surface area (Å²) in [5, 5.41) is 3.00. The van der Waals surface area contributed by atoms with Gasteiger partial charge in [-0.3, -0.25) is 0 Å². The van der Waals surface area contributed by atoms with Crippen molar-refractivity contribution in [3.8, 4) is 5.75 Å². The van der Waals surface area contributed by atoms with Crippen LogP contribution in [0.25, 0.3) is 0 Å². The van der Waals surface area contributed by atoms with Gasteiger partial charge in [0.15, 0.2) is 11.6 Å². The van der Waals surface area contributed by atoms with Crippen LogP contribution < -0.4 is 10.1 Å². The molecule has 1 rings (SSSR count). The van der Waals surface area contributed by atoms with Crippen molar-refractivity contribution in [2.45, 2.75) is 26.8 Å². The van der Waals surface area contributed by atoms with Crippen LogP contribution >= 0.6 is 0 Å². The molecule has 0 spiro atoms. The molecule has 0 amide bonds. The predicted molar refractivity (Wildman–Crippen MR) is 64.1 cm³/mol. The van der Waals surface area contributed by atoms with Gasteiger partial charge in [0.1, 0.15) is 0 Å². The van der Waals surface area contributed by atoms with E-state index in [0.717, 1.165) is 12.0 Å². The number of ether oxygens (including phenoxy) is 1. The third-order valence-corrected chi connectivity index (χ3v) is 2.36. The number of hydrogen-bond donors (Lipinski definition) is 1. The van der Waals surface area contributed by atoms with Crippen molar-refractivity contribution in [2.75, 3.05) is 13.7 Å². The lowest BCUT2D eigenvalue weighted by Crippen LogP contribution is -2.10. The van der Waals surface area contributed by atoms with E-state index in [0.29, 0.717) is 24.8 Å². The van der Waals surface area contributed by atoms with Crippen molar-refractivity contribution in [3.05, 3.63) is 29.6 Å². The highest BCUT2D eigenvalue weighted by Gasteiger charge is 2.09. The lowest BCUT2D eigenvalue weighted by atomic mass is 10.1. The second kappa shape index (κ2) is 6.48. The lowest BCUT2D eigenvalue weighted by molar-refractivity contribution is 0.273. The van der Waals surface area contributed by atoms with Crippen molar-refractivity contribution < 1.29 is 9.13 Å². The normalized spacial score (nSPS) is 10.8. The van der Waals surface area contributed by atoms with Gasteiger partial charge in [0.05, 0.1) is 6.61 Å². The highest BCUT2D eigenvalue weighted by molar-refractivity contribution is 5.34. The quantitative estimate of drug-likeness (QED) is 0.803. The van der Waals surface area contributed by atoms with Crippen molar-refractivity contribution in [1.82, 2.24) is 5.32 Å². The van der Waals surface area contributed by atoms with E-state index in [1.54, 1.807) is 6.07 Å². The standard InChI is InChI=1S/C13H20FNO/c1-10(2)7-8-16-13-11(9-15-3)5-4-6-12(13)14/h4-6,10,15H,7-9H2,1-3H3. The third-order valence-electron chi connectivity index (χ3n) is 2.36. The Kier molecular flexibility index (Phi) is 5.26. The van der Waals surface area contributed by atoms with Gasteiger partial charge in [-0.15, -0.1) is 0 Å². The molecule has 1 N–H and O–H groups in total. The van der Waals surface area contributed by atoms with Crippen molar-refractivity contribution in [2.24, 2.45) is 5.92 Å². The topological polar surface area (TPSA) is 21.3 Å². The molecular weight excluding hydrogens is 205 g/mol. The largest absolute Gasteiger partial charge is 0.490 e. The first-order chi connectivity index (χ1) is 7.65. The molecule has 0 aliphatic heterocycles. The summed E-state index contributed by atoms with van der Waals surface area (Å²) >= 11 is 0. The van der Waals surface area contributed by atoms with Crippen LogP contribution in [0.15, 0.2) is 18.2 Å². The van der Waals surface area contributed by atoms with Gasteiger partial charge in [-0.25, -0.2) is 4.39 Å². The fourth-order valence-corrected chi connectivity index (χ4v) is 1.44. The average molecular weight is 225 g/mol. The molecule has 0 fully saturated rings. The van der Waals surface area contributed by atoms with E-state index in [2.05, 4.69) is 19.2 Å². The van der Waals surface area contributed by atoms with Crippen LogP contribution in [-0.4, -0.2) is 13.7 Å². The molecule has 0 aromatic heterocycles. The molecule has 0 saturated carbocycles. The number of benzene rings is 1. The van der Waals surface area contributed by atoms with Gasteiger partial charge in [-0.2, -0.15) is 0 Å². The summed E-state index contributed by atoms with van der Waals surface area (Å²) < 4.78 is 19.1. The van der Waals surface area contributed by atoms with E-state index >= 15 is 0 Å². The predicted octanol–water partition coefficient (Wildman–Crippen LogP) is 2.97. The van der Waals surface area contributed by atoms with Crippen LogP contribution in [0.4, 0.5) is 4.39 Å². The maximum atomic E-state index is 13.5. The van der Waals surface area contributed by atoms with Crippen LogP contribution in [0.1, 0.15) is 25.8 Å². The number of nitrogens with one attached hydrogen (secondary N) is 1. The summed E-state index contributed by atoms with van der Waals surface area (Å²) in [6, 6.07) is 5.02. The maximum Gasteiger partial charge on any atom is 0.165 e. The fraction of sp³-hybridized carbons (Fsp3) is 0.538. The summed E-state index contributed by atoms with van der Waals surface area (Å²) in [7, 11) is 1.84. The molecule has 0 heterocycles. The van der Waals surface area contributed by atoms with Crippen LogP contribution in [-0.2, 0) is 6.54 Å². The smallest absolute Gasteiger partial charge is 0.165 e. The summed E-state index contributed by atoms with van der Waals surface area (Å²) in [6.07, 6.45) is 0.938. The average Bonchev–Trinajstić information content (AvgIpc) is 2.22. The first-order valence-electron chi connectivity index (χ1n) is 5.70. The number of para-hydroxylation sites is 1. The zero-order chi connectivity index (χ0) is 12.0. The number of halogens is 1. The molecule has 1 aromatic rings. The van der Waals surface area contributed by atoms with E-state index < -0.39 is 0 Å². The SMILES string of the molecule is CNCc1cccc(F)c1OCCC(C)C. The van der Waals surface area contributed by atoms with Gasteiger partial charge in [-0.05, 0) is 25.5 Å². The Hall–Kier alpha value is -1.09. The van der Waals surface area contributed by atoms with Gasteiger partial charge < -0.3 is 10.1 Å². The van der Waals surface area contributed by atoms with Gasteiger partial charge in [-0.1, -0.05) is 26.0 Å². The molecule has 0 radical (unpaired) electrons. The maximum absolute atomic E-state index is 13.5. The Morgan fingerprint density at radius 3 is 2.75 bits per heavy atom. The first-order valence-corrected chi connectivity index (χ1v) is 5.70. The zero-order valence-corrected chi connectivity index (χ0v) is 10.2.